The van der Waals surface area contributed by atoms with E-state index in [4.69, 9.17) is 0 Å². The summed E-state index contributed by atoms with van der Waals surface area (Å²) in [5.74, 6) is -3.68. The molecule has 0 bridgehead atoms. The minimum absolute atomic E-state index is 0.657. The first-order chi connectivity index (χ1) is 12.1. The molecule has 7 heteroatoms. The maximum Gasteiger partial charge on any atom is 0.362 e. The number of carboxylic acids is 3. The first-order valence-electron chi connectivity index (χ1n) is 9.36. The minimum Gasteiger partial charge on any atom is -0.477 e. The molecule has 0 fully saturated rings. The zero-order valence-electron chi connectivity index (χ0n) is 16.4. The molecule has 0 aliphatic heterocycles. The summed E-state index contributed by atoms with van der Waals surface area (Å²) in [6.45, 7) is 6.22. The van der Waals surface area contributed by atoms with E-state index >= 15 is 0 Å². The van der Waals surface area contributed by atoms with Crippen LogP contribution in [0.15, 0.2) is 12.3 Å². The molecular formula is C19H34NO6+. The van der Waals surface area contributed by atoms with Gasteiger partial charge in [-0.2, -0.15) is 0 Å². The van der Waals surface area contributed by atoms with E-state index in [1.165, 1.54) is 46.2 Å². The predicted molar refractivity (Wildman–Crippen MR) is 98.7 cm³/mol. The summed E-state index contributed by atoms with van der Waals surface area (Å²) in [7, 11) is 0. The van der Waals surface area contributed by atoms with E-state index in [1.54, 1.807) is 6.08 Å². The Morgan fingerprint density at radius 2 is 1.15 bits per heavy atom. The van der Waals surface area contributed by atoms with Gasteiger partial charge in [0, 0.05) is 0 Å². The van der Waals surface area contributed by atoms with E-state index in [2.05, 4.69) is 6.92 Å². The molecule has 150 valence electrons. The number of carboxylic acid groups (broad SMARTS) is 3. The Morgan fingerprint density at radius 1 is 0.769 bits per heavy atom. The van der Waals surface area contributed by atoms with E-state index in [0.29, 0.717) is 6.42 Å². The molecule has 0 aromatic heterocycles. The highest BCUT2D eigenvalue weighted by molar-refractivity contribution is 5.77. The molecule has 0 aliphatic carbocycles. The molecule has 3 atom stereocenters. The van der Waals surface area contributed by atoms with Crippen molar-refractivity contribution in [1.82, 2.24) is 0 Å². The topological polar surface area (TPSA) is 112 Å². The summed E-state index contributed by atoms with van der Waals surface area (Å²) in [6, 6.07) is -3.60. The summed E-state index contributed by atoms with van der Waals surface area (Å²) in [4.78, 5) is 34.8. The van der Waals surface area contributed by atoms with Crippen LogP contribution in [0.4, 0.5) is 0 Å². The molecule has 0 aromatic rings. The Kier molecular flexibility index (Phi) is 10.8. The number of nitrogens with zero attached hydrogens (tertiary/aromatic N) is 1. The van der Waals surface area contributed by atoms with Crippen LogP contribution < -0.4 is 0 Å². The van der Waals surface area contributed by atoms with Crippen molar-refractivity contribution in [2.45, 2.75) is 90.8 Å². The molecule has 0 aliphatic rings. The SMILES string of the molecule is CCCCCCCC/C=C/[N+](C(C)C(=O)O)(C(C)C(=O)O)C(C)C(=O)O. The smallest absolute Gasteiger partial charge is 0.362 e. The molecule has 0 radical (unpaired) electrons. The quantitative estimate of drug-likeness (QED) is 0.318. The van der Waals surface area contributed by atoms with Crippen LogP contribution in [-0.2, 0) is 14.4 Å². The molecule has 0 saturated carbocycles. The molecule has 3 unspecified atom stereocenters. The van der Waals surface area contributed by atoms with Crippen molar-refractivity contribution in [2.75, 3.05) is 0 Å². The van der Waals surface area contributed by atoms with Crippen molar-refractivity contribution in [3.05, 3.63) is 12.3 Å². The lowest BCUT2D eigenvalue weighted by Crippen LogP contribution is -2.67. The monoisotopic (exact) mass is 372 g/mol. The van der Waals surface area contributed by atoms with Crippen molar-refractivity contribution in [3.63, 3.8) is 0 Å². The lowest BCUT2D eigenvalue weighted by molar-refractivity contribution is -0.922. The molecule has 0 amide bonds. The van der Waals surface area contributed by atoms with Gasteiger partial charge < -0.3 is 15.3 Å². The van der Waals surface area contributed by atoms with Gasteiger partial charge in [-0.25, -0.2) is 14.4 Å². The van der Waals surface area contributed by atoms with Gasteiger partial charge in [-0.15, -0.1) is 0 Å². The number of unbranched alkanes of at least 4 members (excludes halogenated alkanes) is 6. The summed E-state index contributed by atoms with van der Waals surface area (Å²) in [5.41, 5.74) is 0. The predicted octanol–water partition coefficient (Wildman–Crippen LogP) is 3.49. The second-order valence-corrected chi connectivity index (χ2v) is 6.88. The highest BCUT2D eigenvalue weighted by atomic mass is 16.4. The number of allylic oxidation sites excluding steroid dienone is 1. The van der Waals surface area contributed by atoms with Crippen LogP contribution in [0.25, 0.3) is 0 Å². The fourth-order valence-corrected chi connectivity index (χ4v) is 3.27. The van der Waals surface area contributed by atoms with Gasteiger partial charge in [-0.05, 0) is 39.7 Å². The van der Waals surface area contributed by atoms with Gasteiger partial charge in [0.05, 0.1) is 6.20 Å². The Labute approximate surface area is 155 Å². The Morgan fingerprint density at radius 3 is 1.54 bits per heavy atom. The second kappa shape index (κ2) is 11.7. The van der Waals surface area contributed by atoms with Gasteiger partial charge >= 0.3 is 17.9 Å². The molecule has 0 spiro atoms. The molecule has 0 aromatic carbocycles. The fraction of sp³-hybridized carbons (Fsp3) is 0.737. The van der Waals surface area contributed by atoms with Gasteiger partial charge in [0.2, 0.25) is 0 Å². The number of rotatable bonds is 14. The van der Waals surface area contributed by atoms with Crippen molar-refractivity contribution in [2.24, 2.45) is 0 Å². The maximum atomic E-state index is 11.6. The fourth-order valence-electron chi connectivity index (χ4n) is 3.27. The van der Waals surface area contributed by atoms with Crippen LogP contribution in [0, 0.1) is 0 Å². The number of hydrogen-bond acceptors (Lipinski definition) is 3. The van der Waals surface area contributed by atoms with Crippen LogP contribution in [0.3, 0.4) is 0 Å². The highest BCUT2D eigenvalue weighted by Crippen LogP contribution is 2.27. The molecule has 26 heavy (non-hydrogen) atoms. The Hall–Kier alpha value is -1.89. The van der Waals surface area contributed by atoms with Crippen LogP contribution >= 0.6 is 0 Å². The van der Waals surface area contributed by atoms with Crippen molar-refractivity contribution >= 4 is 17.9 Å². The molecular weight excluding hydrogens is 338 g/mol. The molecule has 7 nitrogen and oxygen atoms in total. The number of quaternary nitrogens is 1. The standard InChI is InChI=1S/C19H33NO6/c1-5-6-7-8-9-10-11-12-13-20(14(2)17(21)22,15(3)18(23)24)16(4)19(25)26/h12-16H,5-11H2,1-4H3,(H2-,21,22,23,24,25,26)/p+1/b13-12+. The lowest BCUT2D eigenvalue weighted by atomic mass is 10.0. The van der Waals surface area contributed by atoms with Crippen molar-refractivity contribution < 1.29 is 34.2 Å². The Bertz CT molecular complexity index is 452. The van der Waals surface area contributed by atoms with E-state index in [1.807, 2.05) is 0 Å². The van der Waals surface area contributed by atoms with E-state index in [9.17, 15) is 29.7 Å². The zero-order chi connectivity index (χ0) is 20.3. The average molecular weight is 372 g/mol. The van der Waals surface area contributed by atoms with E-state index in [-0.39, 0.29) is 0 Å². The van der Waals surface area contributed by atoms with Gasteiger partial charge in [-0.1, -0.05) is 39.0 Å². The van der Waals surface area contributed by atoms with Crippen molar-refractivity contribution in [3.8, 4) is 0 Å². The second-order valence-electron chi connectivity index (χ2n) is 6.88. The van der Waals surface area contributed by atoms with Crippen LogP contribution in [0.1, 0.15) is 72.6 Å². The molecule has 0 saturated heterocycles. The van der Waals surface area contributed by atoms with Gasteiger partial charge in [-0.3, -0.25) is 4.48 Å². The van der Waals surface area contributed by atoms with E-state index in [0.717, 1.165) is 19.3 Å². The third-order valence-corrected chi connectivity index (χ3v) is 5.17. The van der Waals surface area contributed by atoms with Crippen molar-refractivity contribution in [1.29, 1.82) is 0 Å². The zero-order valence-corrected chi connectivity index (χ0v) is 16.4. The first-order valence-corrected chi connectivity index (χ1v) is 9.36. The van der Waals surface area contributed by atoms with E-state index < -0.39 is 40.5 Å². The van der Waals surface area contributed by atoms with Gasteiger partial charge in [0.1, 0.15) is 0 Å². The van der Waals surface area contributed by atoms with Gasteiger partial charge in [0.25, 0.3) is 0 Å². The summed E-state index contributed by atoms with van der Waals surface area (Å²) >= 11 is 0. The third-order valence-electron chi connectivity index (χ3n) is 5.17. The average Bonchev–Trinajstić information content (AvgIpc) is 2.58. The Balaban J connectivity index is 5.41. The molecule has 0 rings (SSSR count). The number of aliphatic carboxylic acids is 3. The maximum absolute atomic E-state index is 11.6. The normalized spacial score (nSPS) is 17.4. The van der Waals surface area contributed by atoms with Crippen LogP contribution in [0.5, 0.6) is 0 Å². The van der Waals surface area contributed by atoms with Crippen LogP contribution in [-0.4, -0.2) is 55.8 Å². The summed E-state index contributed by atoms with van der Waals surface area (Å²) in [5, 5.41) is 28.4. The largest absolute Gasteiger partial charge is 0.477 e. The number of hydrogen-bond donors (Lipinski definition) is 3. The summed E-state index contributed by atoms with van der Waals surface area (Å²) < 4.78 is -0.657. The van der Waals surface area contributed by atoms with Gasteiger partial charge in [0.15, 0.2) is 18.1 Å². The first kappa shape index (κ1) is 24.1. The number of carbonyl (C=O) groups is 3. The highest BCUT2D eigenvalue weighted by Gasteiger charge is 2.51. The molecule has 3 N–H and O–H groups in total. The summed E-state index contributed by atoms with van der Waals surface area (Å²) in [6.07, 6.45) is 10.5. The van der Waals surface area contributed by atoms with Crippen LogP contribution in [0.2, 0.25) is 0 Å². The molecule has 0 heterocycles. The minimum atomic E-state index is -1.23. The third kappa shape index (κ3) is 6.44. The lowest BCUT2D eigenvalue weighted by Gasteiger charge is -2.44.